The van der Waals surface area contributed by atoms with Crippen molar-refractivity contribution in [2.45, 2.75) is 60.8 Å². The Balaban J connectivity index is 1.18. The molecule has 0 unspecified atom stereocenters. The number of nitrogen functional groups attached to an aromatic ring is 1. The van der Waals surface area contributed by atoms with E-state index in [0.29, 0.717) is 65.0 Å². The van der Waals surface area contributed by atoms with Crippen LogP contribution >= 0.6 is 0 Å². The summed E-state index contributed by atoms with van der Waals surface area (Å²) in [5, 5.41) is 34.3. The Labute approximate surface area is 378 Å². The quantitative estimate of drug-likeness (QED) is 0.0167. The topological polar surface area (TPSA) is 387 Å². The number of carboxylic acids is 2. The van der Waals surface area contributed by atoms with Crippen molar-refractivity contribution in [2.24, 2.45) is 5.73 Å². The summed E-state index contributed by atoms with van der Waals surface area (Å²) in [6, 6.07) is 7.18. The zero-order valence-electron chi connectivity index (χ0n) is 35.5. The molecule has 0 fully saturated rings. The van der Waals surface area contributed by atoms with Crippen molar-refractivity contribution < 1.29 is 78.8 Å². The standard InChI is InChI=1S/C41H52N6O17S2/c42-29-10-8-26-34(27-9-11-30(43)38(66(58,59)60)36(27)64-35(26)37(29)65(55,56)57)25-7-6-24(23-28(25)40(51)52)39(50)47-16-4-18-62-20-22-63-21-19-61-17-3-15-46-33(49)13-12-32(48)45-14-2-1-5-31(44)41(53)54/h6-11,23,31,42H,1-5,12-22,43-44H2,(H,45,48)(H,46,49)(H,47,50)(H,51,52)(H,53,54)(H,55,56,57)(H,58,59,60)/t31-/m0/s1. The fourth-order valence-corrected chi connectivity index (χ4v) is 8.03. The molecule has 66 heavy (non-hydrogen) atoms. The first-order valence-corrected chi connectivity index (χ1v) is 23.3. The second kappa shape index (κ2) is 24.5. The number of benzene rings is 3. The molecule has 0 spiro atoms. The molecule has 1 aliphatic heterocycles. The second-order valence-electron chi connectivity index (χ2n) is 14.6. The summed E-state index contributed by atoms with van der Waals surface area (Å²) in [5.41, 5.74) is 9.06. The summed E-state index contributed by atoms with van der Waals surface area (Å²) >= 11 is 0. The summed E-state index contributed by atoms with van der Waals surface area (Å²) in [4.78, 5) is 58.3. The van der Waals surface area contributed by atoms with Crippen LogP contribution in [0.2, 0.25) is 0 Å². The monoisotopic (exact) mass is 964 g/mol. The molecule has 0 radical (unpaired) electrons. The smallest absolute Gasteiger partial charge is 0.336 e. The van der Waals surface area contributed by atoms with Crippen LogP contribution in [-0.2, 0) is 48.8 Å². The molecule has 0 saturated heterocycles. The van der Waals surface area contributed by atoms with Crippen molar-refractivity contribution in [3.8, 4) is 22.5 Å². The van der Waals surface area contributed by atoms with Gasteiger partial charge in [0.25, 0.3) is 26.1 Å². The molecular weight excluding hydrogens is 913 g/mol. The van der Waals surface area contributed by atoms with Crippen LogP contribution in [0.4, 0.5) is 5.69 Å². The van der Waals surface area contributed by atoms with E-state index in [2.05, 4.69) is 16.0 Å². The third kappa shape index (κ3) is 15.0. The molecule has 3 amide bonds. The van der Waals surface area contributed by atoms with E-state index in [-0.39, 0.29) is 78.7 Å². The SMILES string of the molecule is N=c1ccc2c(-c3ccc(C(=O)NCCCOCCOCCOCCCNC(=O)CCC(=O)NCCCC[C@H](N)C(=O)O)cc3C(=O)O)c3ccc(N)c(S(=O)(=O)O)c3oc-2c1S(=O)(=O)O. The van der Waals surface area contributed by atoms with Gasteiger partial charge in [-0.05, 0) is 74.1 Å². The van der Waals surface area contributed by atoms with Gasteiger partial charge in [0.15, 0.2) is 21.1 Å². The first-order chi connectivity index (χ1) is 31.2. The van der Waals surface area contributed by atoms with E-state index in [4.69, 9.17) is 40.6 Å². The fourth-order valence-electron chi connectivity index (χ4n) is 6.54. The number of ether oxygens (including phenoxy) is 3. The van der Waals surface area contributed by atoms with Crippen LogP contribution in [0.5, 0.6) is 0 Å². The van der Waals surface area contributed by atoms with Crippen LogP contribution in [-0.4, -0.2) is 131 Å². The van der Waals surface area contributed by atoms with Gasteiger partial charge in [0.2, 0.25) is 11.8 Å². The maximum atomic E-state index is 13.1. The summed E-state index contributed by atoms with van der Waals surface area (Å²) in [6.07, 6.45) is 2.46. The molecule has 2 aromatic rings. The van der Waals surface area contributed by atoms with E-state index in [0.717, 1.165) is 18.2 Å². The highest BCUT2D eigenvalue weighted by molar-refractivity contribution is 7.86. The van der Waals surface area contributed by atoms with Crippen LogP contribution in [0.25, 0.3) is 33.4 Å². The number of amides is 3. The maximum absolute atomic E-state index is 13.1. The van der Waals surface area contributed by atoms with Crippen LogP contribution in [0.3, 0.4) is 0 Å². The minimum Gasteiger partial charge on any atom is -0.480 e. The van der Waals surface area contributed by atoms with Crippen molar-refractivity contribution >= 4 is 66.6 Å². The van der Waals surface area contributed by atoms with E-state index >= 15 is 0 Å². The van der Waals surface area contributed by atoms with Crippen LogP contribution < -0.4 is 32.8 Å². The normalized spacial score (nSPS) is 12.2. The molecule has 23 nitrogen and oxygen atoms in total. The Morgan fingerprint density at radius 2 is 1.24 bits per heavy atom. The molecular formula is C41H52N6O17S2. The average molecular weight is 965 g/mol. The highest BCUT2D eigenvalue weighted by Crippen LogP contribution is 2.45. The lowest BCUT2D eigenvalue weighted by molar-refractivity contribution is -0.138. The molecule has 0 bridgehead atoms. The third-order valence-corrected chi connectivity index (χ3v) is 11.6. The summed E-state index contributed by atoms with van der Waals surface area (Å²) in [7, 11) is -10.4. The van der Waals surface area contributed by atoms with Crippen molar-refractivity contribution in [1.82, 2.24) is 16.0 Å². The van der Waals surface area contributed by atoms with Gasteiger partial charge in [-0.2, -0.15) is 16.8 Å². The van der Waals surface area contributed by atoms with Gasteiger partial charge in [0, 0.05) is 67.8 Å². The molecule has 0 saturated carbocycles. The van der Waals surface area contributed by atoms with E-state index in [1.165, 1.54) is 24.3 Å². The number of aromatic carboxylic acids is 1. The number of hydrogen-bond acceptors (Lipinski definition) is 16. The molecule has 1 heterocycles. The second-order valence-corrected chi connectivity index (χ2v) is 17.3. The van der Waals surface area contributed by atoms with Crippen molar-refractivity contribution in [3.63, 3.8) is 0 Å². The largest absolute Gasteiger partial charge is 0.480 e. The molecule has 1 aliphatic carbocycles. The number of aliphatic carboxylic acids is 1. The molecule has 1 atom stereocenters. The summed E-state index contributed by atoms with van der Waals surface area (Å²) in [6.45, 7) is 2.66. The van der Waals surface area contributed by atoms with Gasteiger partial charge in [-0.1, -0.05) is 6.07 Å². The zero-order chi connectivity index (χ0) is 48.6. The number of nitrogens with two attached hydrogens (primary N) is 2. The summed E-state index contributed by atoms with van der Waals surface area (Å²) < 4.78 is 91.9. The average Bonchev–Trinajstić information content (AvgIpc) is 3.24. The number of rotatable bonds is 28. The van der Waals surface area contributed by atoms with Gasteiger partial charge in [0.1, 0.15) is 6.04 Å². The number of hydrogen-bond donors (Lipinski definition) is 10. The van der Waals surface area contributed by atoms with Crippen LogP contribution in [0, 0.1) is 5.41 Å². The Kier molecular flexibility index (Phi) is 19.5. The number of carboxylic acid groups (broad SMARTS) is 2. The highest BCUT2D eigenvalue weighted by Gasteiger charge is 2.32. The first kappa shape index (κ1) is 52.6. The first-order valence-electron chi connectivity index (χ1n) is 20.4. The number of unbranched alkanes of at least 4 members (excludes halogenated alkanes) is 1. The Morgan fingerprint density at radius 1 is 0.697 bits per heavy atom. The Hall–Kier alpha value is -6.06. The van der Waals surface area contributed by atoms with E-state index in [1.807, 2.05) is 0 Å². The zero-order valence-corrected chi connectivity index (χ0v) is 37.1. The minimum absolute atomic E-state index is 0.0334. The highest BCUT2D eigenvalue weighted by atomic mass is 32.2. The van der Waals surface area contributed by atoms with Gasteiger partial charge < -0.3 is 56.3 Å². The van der Waals surface area contributed by atoms with Crippen molar-refractivity contribution in [2.75, 3.05) is 65.0 Å². The lowest BCUT2D eigenvalue weighted by Crippen LogP contribution is -2.31. The van der Waals surface area contributed by atoms with E-state index < -0.39 is 81.9 Å². The van der Waals surface area contributed by atoms with Crippen molar-refractivity contribution in [1.29, 1.82) is 5.41 Å². The van der Waals surface area contributed by atoms with Gasteiger partial charge >= 0.3 is 11.9 Å². The van der Waals surface area contributed by atoms with Crippen LogP contribution in [0.1, 0.15) is 65.7 Å². The van der Waals surface area contributed by atoms with Crippen molar-refractivity contribution in [3.05, 3.63) is 58.9 Å². The Bertz CT molecular complexity index is 2660. The van der Waals surface area contributed by atoms with Gasteiger partial charge in [-0.3, -0.25) is 33.7 Å². The number of anilines is 1. The molecule has 2 aromatic carbocycles. The maximum Gasteiger partial charge on any atom is 0.336 e. The van der Waals surface area contributed by atoms with Crippen LogP contribution in [0.15, 0.2) is 56.7 Å². The molecule has 2 aliphatic rings. The molecule has 25 heteroatoms. The minimum atomic E-state index is -5.20. The molecule has 4 rings (SSSR count). The lowest BCUT2D eigenvalue weighted by Gasteiger charge is -2.20. The Morgan fingerprint density at radius 3 is 1.80 bits per heavy atom. The van der Waals surface area contributed by atoms with Gasteiger partial charge in [0.05, 0.1) is 43.0 Å². The van der Waals surface area contributed by atoms with Gasteiger partial charge in [-0.15, -0.1) is 0 Å². The van der Waals surface area contributed by atoms with E-state index in [9.17, 15) is 55.0 Å². The molecule has 0 aromatic heterocycles. The van der Waals surface area contributed by atoms with E-state index in [1.54, 1.807) is 0 Å². The predicted octanol–water partition coefficient (Wildman–Crippen LogP) is 1.61. The fraction of sp³-hybridized carbons (Fsp3) is 0.415. The van der Waals surface area contributed by atoms with Gasteiger partial charge in [-0.25, -0.2) is 4.79 Å². The lowest BCUT2D eigenvalue weighted by atomic mass is 9.89. The molecule has 12 N–H and O–H groups in total. The predicted molar refractivity (Wildman–Crippen MR) is 234 cm³/mol. The number of nitrogens with one attached hydrogen (secondary N) is 4. The third-order valence-electron chi connectivity index (χ3n) is 9.74. The number of carbonyl (C=O) groups excluding carboxylic acids is 3. The number of carbonyl (C=O) groups is 5. The summed E-state index contributed by atoms with van der Waals surface area (Å²) in [5.74, 6) is -4.51. The number of fused-ring (bicyclic) bond motifs is 2. The molecule has 360 valence electrons.